The quantitative estimate of drug-likeness (QED) is 0.887. The van der Waals surface area contributed by atoms with Crippen LogP contribution in [0.5, 0.6) is 5.75 Å². The summed E-state index contributed by atoms with van der Waals surface area (Å²) in [6, 6.07) is 4.11. The fourth-order valence-corrected chi connectivity index (χ4v) is 3.66. The second-order valence-electron chi connectivity index (χ2n) is 5.57. The lowest BCUT2D eigenvalue weighted by molar-refractivity contribution is -0.125. The van der Waals surface area contributed by atoms with Crippen LogP contribution >= 0.6 is 15.9 Å². The van der Waals surface area contributed by atoms with Gasteiger partial charge < -0.3 is 15.8 Å². The molecule has 1 aromatic rings. The standard InChI is InChI=1S/C15H19BrN2O2/c16-11-6-9-4-5-20-14(9)10(7-11)8-18-15(19)12-2-1-3-13(12)17/h6-7,12-13H,1-5,8,17H2,(H,18,19). The molecule has 4 nitrogen and oxygen atoms in total. The molecule has 1 heterocycles. The lowest BCUT2D eigenvalue weighted by Gasteiger charge is -2.16. The Labute approximate surface area is 127 Å². The molecule has 5 heteroatoms. The first-order valence-corrected chi connectivity index (χ1v) is 7.92. The van der Waals surface area contributed by atoms with Gasteiger partial charge >= 0.3 is 0 Å². The molecule has 1 aromatic carbocycles. The summed E-state index contributed by atoms with van der Waals surface area (Å²) in [6.45, 7) is 1.23. The molecule has 0 saturated heterocycles. The lowest BCUT2D eigenvalue weighted by atomic mass is 10.0. The smallest absolute Gasteiger partial charge is 0.224 e. The molecule has 1 amide bonds. The summed E-state index contributed by atoms with van der Waals surface area (Å²) in [5, 5.41) is 3.01. The van der Waals surface area contributed by atoms with Gasteiger partial charge in [-0.1, -0.05) is 22.4 Å². The van der Waals surface area contributed by atoms with Gasteiger partial charge in [-0.2, -0.15) is 0 Å². The molecule has 0 radical (unpaired) electrons. The summed E-state index contributed by atoms with van der Waals surface area (Å²) in [5.41, 5.74) is 8.21. The number of carbonyl (C=O) groups is 1. The minimum atomic E-state index is -0.0314. The molecule has 0 spiro atoms. The van der Waals surface area contributed by atoms with Gasteiger partial charge in [0.1, 0.15) is 5.75 Å². The van der Waals surface area contributed by atoms with Gasteiger partial charge in [-0.3, -0.25) is 4.79 Å². The van der Waals surface area contributed by atoms with Crippen LogP contribution in [0.3, 0.4) is 0 Å². The van der Waals surface area contributed by atoms with Gasteiger partial charge in [0.05, 0.1) is 12.5 Å². The maximum Gasteiger partial charge on any atom is 0.224 e. The average Bonchev–Trinajstić information content (AvgIpc) is 3.03. The highest BCUT2D eigenvalue weighted by Crippen LogP contribution is 2.33. The Hall–Kier alpha value is -1.07. The fourth-order valence-electron chi connectivity index (χ4n) is 3.11. The van der Waals surface area contributed by atoms with Gasteiger partial charge in [-0.15, -0.1) is 0 Å². The van der Waals surface area contributed by atoms with Crippen molar-refractivity contribution in [1.82, 2.24) is 5.32 Å². The van der Waals surface area contributed by atoms with Crippen molar-refractivity contribution in [2.75, 3.05) is 6.61 Å². The van der Waals surface area contributed by atoms with Gasteiger partial charge in [-0.25, -0.2) is 0 Å². The number of benzene rings is 1. The first kappa shape index (κ1) is 13.9. The van der Waals surface area contributed by atoms with Crippen LogP contribution in [0.2, 0.25) is 0 Å². The third-order valence-corrected chi connectivity index (χ3v) is 4.64. The number of rotatable bonds is 3. The number of hydrogen-bond donors (Lipinski definition) is 2. The Morgan fingerprint density at radius 2 is 2.30 bits per heavy atom. The highest BCUT2D eigenvalue weighted by molar-refractivity contribution is 9.10. The van der Waals surface area contributed by atoms with Crippen molar-refractivity contribution in [3.63, 3.8) is 0 Å². The number of nitrogens with two attached hydrogens (primary N) is 1. The largest absolute Gasteiger partial charge is 0.493 e. The van der Waals surface area contributed by atoms with Crippen molar-refractivity contribution in [2.45, 2.75) is 38.3 Å². The van der Waals surface area contributed by atoms with E-state index >= 15 is 0 Å². The molecule has 3 N–H and O–H groups in total. The third kappa shape index (κ3) is 2.69. The van der Waals surface area contributed by atoms with Gasteiger partial charge in [0.25, 0.3) is 0 Å². The summed E-state index contributed by atoms with van der Waals surface area (Å²) in [6.07, 6.45) is 3.84. The Morgan fingerprint density at radius 3 is 3.05 bits per heavy atom. The molecule has 2 unspecified atom stereocenters. The first-order valence-electron chi connectivity index (χ1n) is 7.12. The van der Waals surface area contributed by atoms with Crippen molar-refractivity contribution >= 4 is 21.8 Å². The molecule has 2 atom stereocenters. The molecule has 0 aromatic heterocycles. The monoisotopic (exact) mass is 338 g/mol. The number of nitrogens with one attached hydrogen (secondary N) is 1. The number of amides is 1. The minimum Gasteiger partial charge on any atom is -0.493 e. The fraction of sp³-hybridized carbons (Fsp3) is 0.533. The van der Waals surface area contributed by atoms with Crippen molar-refractivity contribution in [3.05, 3.63) is 27.7 Å². The molecular weight excluding hydrogens is 320 g/mol. The van der Waals surface area contributed by atoms with E-state index in [2.05, 4.69) is 27.3 Å². The van der Waals surface area contributed by atoms with Crippen LogP contribution in [0.15, 0.2) is 16.6 Å². The SMILES string of the molecule is NC1CCCC1C(=O)NCc1cc(Br)cc2c1OCC2. The summed E-state index contributed by atoms with van der Waals surface area (Å²) in [4.78, 5) is 12.2. The molecule has 1 saturated carbocycles. The number of hydrogen-bond acceptors (Lipinski definition) is 3. The van der Waals surface area contributed by atoms with E-state index in [1.54, 1.807) is 0 Å². The van der Waals surface area contributed by atoms with Crippen LogP contribution in [0.25, 0.3) is 0 Å². The summed E-state index contributed by atoms with van der Waals surface area (Å²) in [5.74, 6) is 0.974. The average molecular weight is 339 g/mol. The molecule has 1 fully saturated rings. The van der Waals surface area contributed by atoms with E-state index < -0.39 is 0 Å². The Balaban J connectivity index is 1.68. The first-order chi connectivity index (χ1) is 9.65. The molecule has 1 aliphatic carbocycles. The van der Waals surface area contributed by atoms with E-state index in [1.165, 1.54) is 5.56 Å². The topological polar surface area (TPSA) is 64.4 Å². The lowest BCUT2D eigenvalue weighted by Crippen LogP contribution is -2.38. The van der Waals surface area contributed by atoms with Crippen LogP contribution in [0.4, 0.5) is 0 Å². The predicted octanol–water partition coefficient (Wildman–Crippen LogP) is 2.13. The van der Waals surface area contributed by atoms with Crippen LogP contribution in [-0.2, 0) is 17.8 Å². The zero-order chi connectivity index (χ0) is 14.1. The van der Waals surface area contributed by atoms with Crippen LogP contribution < -0.4 is 15.8 Å². The summed E-state index contributed by atoms with van der Waals surface area (Å²) >= 11 is 3.51. The van der Waals surface area contributed by atoms with E-state index in [4.69, 9.17) is 10.5 Å². The normalized spacial score (nSPS) is 24.3. The van der Waals surface area contributed by atoms with Gasteiger partial charge in [0.15, 0.2) is 0 Å². The maximum absolute atomic E-state index is 12.2. The van der Waals surface area contributed by atoms with E-state index in [1.807, 2.05) is 6.07 Å². The summed E-state index contributed by atoms with van der Waals surface area (Å²) < 4.78 is 6.70. The number of halogens is 1. The van der Waals surface area contributed by atoms with E-state index in [0.717, 1.165) is 48.1 Å². The van der Waals surface area contributed by atoms with Gasteiger partial charge in [0, 0.05) is 29.0 Å². The number of fused-ring (bicyclic) bond motifs is 1. The number of carbonyl (C=O) groups excluding carboxylic acids is 1. The second kappa shape index (κ2) is 5.74. The van der Waals surface area contributed by atoms with E-state index in [-0.39, 0.29) is 17.9 Å². The van der Waals surface area contributed by atoms with E-state index in [0.29, 0.717) is 6.54 Å². The van der Waals surface area contributed by atoms with Crippen LogP contribution in [-0.4, -0.2) is 18.6 Å². The Kier molecular flexibility index (Phi) is 3.98. The zero-order valence-corrected chi connectivity index (χ0v) is 12.9. The molecule has 2 aliphatic rings. The molecule has 3 rings (SSSR count). The van der Waals surface area contributed by atoms with Gasteiger partial charge in [-0.05, 0) is 30.5 Å². The van der Waals surface area contributed by atoms with Crippen molar-refractivity contribution in [2.24, 2.45) is 11.7 Å². The zero-order valence-electron chi connectivity index (χ0n) is 11.3. The highest BCUT2D eigenvalue weighted by Gasteiger charge is 2.30. The summed E-state index contributed by atoms with van der Waals surface area (Å²) in [7, 11) is 0. The minimum absolute atomic E-state index is 0.0134. The van der Waals surface area contributed by atoms with Crippen molar-refractivity contribution in [3.8, 4) is 5.75 Å². The second-order valence-corrected chi connectivity index (χ2v) is 6.49. The third-order valence-electron chi connectivity index (χ3n) is 4.18. The molecular formula is C15H19BrN2O2. The van der Waals surface area contributed by atoms with Crippen molar-refractivity contribution in [1.29, 1.82) is 0 Å². The van der Waals surface area contributed by atoms with Crippen LogP contribution in [0.1, 0.15) is 30.4 Å². The predicted molar refractivity (Wildman–Crippen MR) is 80.5 cm³/mol. The molecule has 20 heavy (non-hydrogen) atoms. The molecule has 1 aliphatic heterocycles. The molecule has 0 bridgehead atoms. The van der Waals surface area contributed by atoms with Crippen LogP contribution in [0, 0.1) is 5.92 Å². The number of ether oxygens (including phenoxy) is 1. The van der Waals surface area contributed by atoms with E-state index in [9.17, 15) is 4.79 Å². The molecule has 108 valence electrons. The Bertz CT molecular complexity index is 533. The van der Waals surface area contributed by atoms with Gasteiger partial charge in [0.2, 0.25) is 5.91 Å². The Morgan fingerprint density at radius 1 is 1.45 bits per heavy atom. The maximum atomic E-state index is 12.2. The van der Waals surface area contributed by atoms with Crippen molar-refractivity contribution < 1.29 is 9.53 Å². The highest BCUT2D eigenvalue weighted by atomic mass is 79.9.